The van der Waals surface area contributed by atoms with Gasteiger partial charge in [-0.15, -0.1) is 0 Å². The minimum absolute atomic E-state index is 0.824. The fourth-order valence-corrected chi connectivity index (χ4v) is 3.22. The van der Waals surface area contributed by atoms with Gasteiger partial charge < -0.3 is 0 Å². The van der Waals surface area contributed by atoms with Gasteiger partial charge in [0, 0.05) is 22.9 Å². The lowest BCUT2D eigenvalue weighted by molar-refractivity contribution is 0.944. The molecule has 0 aliphatic heterocycles. The Kier molecular flexibility index (Phi) is 3.72. The van der Waals surface area contributed by atoms with Crippen molar-refractivity contribution in [3.63, 3.8) is 0 Å². The number of imidazole rings is 1. The van der Waals surface area contributed by atoms with Crippen molar-refractivity contribution in [1.82, 2.24) is 19.6 Å². The van der Waals surface area contributed by atoms with Crippen molar-refractivity contribution in [3.05, 3.63) is 97.5 Å². The lowest BCUT2D eigenvalue weighted by Crippen LogP contribution is -1.95. The first kappa shape index (κ1) is 15.5. The van der Waals surface area contributed by atoms with E-state index in [-0.39, 0.29) is 0 Å². The van der Waals surface area contributed by atoms with Gasteiger partial charge >= 0.3 is 0 Å². The summed E-state index contributed by atoms with van der Waals surface area (Å²) in [6.45, 7) is 0. The van der Waals surface area contributed by atoms with E-state index in [9.17, 15) is 0 Å². The molecule has 0 radical (unpaired) electrons. The molecule has 0 atom stereocenters. The number of benzene rings is 2. The molecule has 0 aliphatic rings. The van der Waals surface area contributed by atoms with E-state index in [2.05, 4.69) is 51.5 Å². The van der Waals surface area contributed by atoms with Crippen LogP contribution in [0.15, 0.2) is 97.5 Å². The van der Waals surface area contributed by atoms with Crippen LogP contribution in [0.5, 0.6) is 0 Å². The van der Waals surface area contributed by atoms with Crippen LogP contribution in [-0.4, -0.2) is 19.6 Å². The van der Waals surface area contributed by atoms with Crippen molar-refractivity contribution in [2.75, 3.05) is 0 Å². The van der Waals surface area contributed by atoms with Gasteiger partial charge in [-0.05, 0) is 23.8 Å². The highest BCUT2D eigenvalue weighted by atomic mass is 15.3. The van der Waals surface area contributed by atoms with Crippen molar-refractivity contribution in [3.8, 4) is 33.6 Å². The second-order valence-corrected chi connectivity index (χ2v) is 6.32. The summed E-state index contributed by atoms with van der Waals surface area (Å²) < 4.78 is 1.87. The molecule has 3 aromatic heterocycles. The zero-order chi connectivity index (χ0) is 18.1. The second kappa shape index (κ2) is 6.50. The average Bonchev–Trinajstić information content (AvgIpc) is 3.18. The Labute approximate surface area is 156 Å². The van der Waals surface area contributed by atoms with Crippen LogP contribution in [-0.2, 0) is 0 Å². The summed E-state index contributed by atoms with van der Waals surface area (Å²) in [6.07, 6.45) is 5.57. The molecule has 4 nitrogen and oxygen atoms in total. The normalized spacial score (nSPS) is 11.0. The molecular formula is C23H16N4. The monoisotopic (exact) mass is 348 g/mol. The molecule has 0 bridgehead atoms. The molecular weight excluding hydrogens is 332 g/mol. The van der Waals surface area contributed by atoms with Crippen molar-refractivity contribution < 1.29 is 0 Å². The third kappa shape index (κ3) is 2.87. The fourth-order valence-electron chi connectivity index (χ4n) is 3.22. The number of pyridine rings is 1. The highest BCUT2D eigenvalue weighted by Gasteiger charge is 2.10. The molecule has 0 N–H and O–H groups in total. The van der Waals surface area contributed by atoms with Gasteiger partial charge in [0.25, 0.3) is 0 Å². The Morgan fingerprint density at radius 2 is 1.33 bits per heavy atom. The first-order chi connectivity index (χ1) is 13.4. The molecule has 0 aliphatic carbocycles. The molecule has 0 spiro atoms. The van der Waals surface area contributed by atoms with E-state index < -0.39 is 0 Å². The maximum absolute atomic E-state index is 4.63. The lowest BCUT2D eigenvalue weighted by Gasteiger charge is -2.06. The molecule has 5 rings (SSSR count). The van der Waals surface area contributed by atoms with Gasteiger partial charge in [-0.2, -0.15) is 5.10 Å². The Morgan fingerprint density at radius 3 is 2.11 bits per heavy atom. The smallest absolute Gasteiger partial charge is 0.154 e. The predicted octanol–water partition coefficient (Wildman–Crippen LogP) is 5.13. The van der Waals surface area contributed by atoms with E-state index in [0.29, 0.717) is 0 Å². The van der Waals surface area contributed by atoms with Crippen molar-refractivity contribution in [1.29, 1.82) is 0 Å². The predicted molar refractivity (Wildman–Crippen MR) is 107 cm³/mol. The van der Waals surface area contributed by atoms with Gasteiger partial charge in [0.15, 0.2) is 5.65 Å². The minimum atomic E-state index is 0.824. The van der Waals surface area contributed by atoms with Crippen LogP contribution in [0.1, 0.15) is 0 Å². The topological polar surface area (TPSA) is 43.1 Å². The first-order valence-electron chi connectivity index (χ1n) is 8.79. The summed E-state index contributed by atoms with van der Waals surface area (Å²) >= 11 is 0. The van der Waals surface area contributed by atoms with E-state index in [1.54, 1.807) is 0 Å². The van der Waals surface area contributed by atoms with Crippen LogP contribution in [0.3, 0.4) is 0 Å². The summed E-state index contributed by atoms with van der Waals surface area (Å²) in [5, 5.41) is 4.63. The van der Waals surface area contributed by atoms with Gasteiger partial charge in [-0.1, -0.05) is 60.7 Å². The van der Waals surface area contributed by atoms with Crippen LogP contribution in [0, 0.1) is 0 Å². The van der Waals surface area contributed by atoms with E-state index in [4.69, 9.17) is 0 Å². The average molecular weight is 348 g/mol. The zero-order valence-electron chi connectivity index (χ0n) is 14.5. The SMILES string of the molecule is c1ccc(-c2cnn3c(-c4ccnc(-c5ccccc5)c4)cnc3c2)cc1. The van der Waals surface area contributed by atoms with Crippen LogP contribution in [0.25, 0.3) is 39.3 Å². The Morgan fingerprint density at radius 1 is 0.593 bits per heavy atom. The molecule has 27 heavy (non-hydrogen) atoms. The molecule has 2 aromatic carbocycles. The summed E-state index contributed by atoms with van der Waals surface area (Å²) in [5.41, 5.74) is 7.02. The van der Waals surface area contributed by atoms with Crippen molar-refractivity contribution >= 4 is 5.65 Å². The van der Waals surface area contributed by atoms with E-state index in [1.807, 2.05) is 65.6 Å². The highest BCUT2D eigenvalue weighted by Crippen LogP contribution is 2.26. The Balaban J connectivity index is 1.58. The Bertz CT molecular complexity index is 1210. The molecule has 3 heterocycles. The van der Waals surface area contributed by atoms with Crippen LogP contribution in [0.2, 0.25) is 0 Å². The Hall–Kier alpha value is -3.79. The number of rotatable bonds is 3. The maximum atomic E-state index is 4.63. The fraction of sp³-hybridized carbons (Fsp3) is 0. The van der Waals surface area contributed by atoms with Crippen LogP contribution in [0.4, 0.5) is 0 Å². The molecule has 5 aromatic rings. The first-order valence-corrected chi connectivity index (χ1v) is 8.79. The van der Waals surface area contributed by atoms with Crippen molar-refractivity contribution in [2.45, 2.75) is 0 Å². The number of fused-ring (bicyclic) bond motifs is 1. The molecule has 0 saturated carbocycles. The third-order valence-corrected chi connectivity index (χ3v) is 4.59. The lowest BCUT2D eigenvalue weighted by atomic mass is 10.1. The van der Waals surface area contributed by atoms with E-state index in [0.717, 1.165) is 39.3 Å². The summed E-state index contributed by atoms with van der Waals surface area (Å²) in [5.74, 6) is 0. The van der Waals surface area contributed by atoms with Gasteiger partial charge in [0.1, 0.15) is 0 Å². The number of hydrogen-bond donors (Lipinski definition) is 0. The van der Waals surface area contributed by atoms with Gasteiger partial charge in [0.05, 0.1) is 23.8 Å². The number of aromatic nitrogens is 4. The third-order valence-electron chi connectivity index (χ3n) is 4.59. The molecule has 0 fully saturated rings. The maximum Gasteiger partial charge on any atom is 0.154 e. The summed E-state index contributed by atoms with van der Waals surface area (Å²) in [4.78, 5) is 9.07. The number of hydrogen-bond acceptors (Lipinski definition) is 3. The quantitative estimate of drug-likeness (QED) is 0.454. The van der Waals surface area contributed by atoms with E-state index >= 15 is 0 Å². The molecule has 4 heteroatoms. The highest BCUT2D eigenvalue weighted by molar-refractivity contribution is 5.72. The standard InChI is InChI=1S/C23H16N4/c1-3-7-17(8-4-1)20-14-23-25-16-22(27(23)26-15-20)19-11-12-24-21(13-19)18-9-5-2-6-10-18/h1-16H. The van der Waals surface area contributed by atoms with Gasteiger partial charge in [-0.25, -0.2) is 9.50 Å². The molecule has 0 amide bonds. The van der Waals surface area contributed by atoms with Crippen LogP contribution >= 0.6 is 0 Å². The largest absolute Gasteiger partial charge is 0.256 e. The molecule has 0 saturated heterocycles. The number of nitrogens with zero attached hydrogens (tertiary/aromatic N) is 4. The summed E-state index contributed by atoms with van der Waals surface area (Å²) in [7, 11) is 0. The van der Waals surface area contributed by atoms with Crippen molar-refractivity contribution in [2.24, 2.45) is 0 Å². The second-order valence-electron chi connectivity index (χ2n) is 6.32. The van der Waals surface area contributed by atoms with Gasteiger partial charge in [0.2, 0.25) is 0 Å². The minimum Gasteiger partial charge on any atom is -0.256 e. The summed E-state index contributed by atoms with van der Waals surface area (Å²) in [6, 6.07) is 26.5. The molecule has 128 valence electrons. The molecule has 0 unspecified atom stereocenters. The van der Waals surface area contributed by atoms with Gasteiger partial charge in [-0.3, -0.25) is 4.98 Å². The van der Waals surface area contributed by atoms with Crippen LogP contribution < -0.4 is 0 Å². The zero-order valence-corrected chi connectivity index (χ0v) is 14.5. The van der Waals surface area contributed by atoms with E-state index in [1.165, 1.54) is 0 Å².